The Morgan fingerprint density at radius 2 is 0.667 bits per heavy atom. The van der Waals surface area contributed by atoms with Crippen molar-refractivity contribution >= 4 is 21.5 Å². The molecule has 4 nitrogen and oxygen atoms in total. The second kappa shape index (κ2) is 6.71. The number of rotatable bonds is 0. The zero-order valence-corrected chi connectivity index (χ0v) is 14.1. The molecule has 0 spiro atoms. The van der Waals surface area contributed by atoms with Gasteiger partial charge in [-0.05, 0) is 0 Å². The Morgan fingerprint density at radius 1 is 0.458 bits per heavy atom. The fourth-order valence-corrected chi connectivity index (χ4v) is 2.89. The molecule has 0 N–H and O–H groups in total. The molecule has 2 aromatic carbocycles. The molecule has 0 fully saturated rings. The first kappa shape index (κ1) is 17.5. The van der Waals surface area contributed by atoms with Gasteiger partial charge in [-0.1, -0.05) is 64.1 Å². The average molecular weight is 322 g/mol. The monoisotopic (exact) mass is 322 g/mol. The molecular formula is C20H18O4. The molecule has 0 radical (unpaired) electrons. The molecule has 0 unspecified atom stereocenters. The minimum absolute atomic E-state index is 0.202. The Bertz CT molecular complexity index is 985. The Morgan fingerprint density at radius 3 is 0.875 bits per heavy atom. The molecule has 24 heavy (non-hydrogen) atoms. The van der Waals surface area contributed by atoms with Gasteiger partial charge in [-0.3, -0.25) is 19.2 Å². The quantitative estimate of drug-likeness (QED) is 0.369. The Kier molecular flexibility index (Phi) is 4.88. The van der Waals surface area contributed by atoms with Crippen LogP contribution in [0.2, 0.25) is 0 Å². The van der Waals surface area contributed by atoms with E-state index < -0.39 is 21.7 Å². The van der Waals surface area contributed by atoms with E-state index in [0.29, 0.717) is 11.1 Å². The predicted octanol–water partition coefficient (Wildman–Crippen LogP) is 2.90. The lowest BCUT2D eigenvalue weighted by Crippen LogP contribution is -2.31. The van der Waals surface area contributed by atoms with Crippen LogP contribution in [0.3, 0.4) is 0 Å². The lowest BCUT2D eigenvalue weighted by atomic mass is 9.87. The van der Waals surface area contributed by atoms with Crippen molar-refractivity contribution in [2.24, 2.45) is 0 Å². The van der Waals surface area contributed by atoms with Crippen molar-refractivity contribution < 1.29 is 0 Å². The summed E-state index contributed by atoms with van der Waals surface area (Å²) in [7, 11) is 0. The summed E-state index contributed by atoms with van der Waals surface area (Å²) in [4.78, 5) is 48.4. The molecular weight excluding hydrogens is 304 g/mol. The number of hydrogen-bond donors (Lipinski definition) is 0. The van der Waals surface area contributed by atoms with Gasteiger partial charge in [0.05, 0.1) is 0 Å². The molecule has 0 bridgehead atoms. The predicted molar refractivity (Wildman–Crippen MR) is 99.4 cm³/mol. The van der Waals surface area contributed by atoms with E-state index in [0.717, 1.165) is 0 Å². The van der Waals surface area contributed by atoms with E-state index in [2.05, 4.69) is 0 Å². The van der Waals surface area contributed by atoms with Gasteiger partial charge < -0.3 is 0 Å². The first-order chi connectivity index (χ1) is 11.6. The lowest BCUT2D eigenvalue weighted by molar-refractivity contribution is 1.50. The summed E-state index contributed by atoms with van der Waals surface area (Å²) >= 11 is 0. The minimum atomic E-state index is -0.631. The van der Waals surface area contributed by atoms with Gasteiger partial charge >= 0.3 is 0 Å². The van der Waals surface area contributed by atoms with Crippen molar-refractivity contribution in [2.75, 3.05) is 0 Å². The van der Waals surface area contributed by atoms with Crippen molar-refractivity contribution in [1.29, 1.82) is 0 Å². The van der Waals surface area contributed by atoms with Gasteiger partial charge in [0.1, 0.15) is 0 Å². The van der Waals surface area contributed by atoms with Crippen molar-refractivity contribution in [1.82, 2.24) is 0 Å². The summed E-state index contributed by atoms with van der Waals surface area (Å²) in [5.74, 6) is 0. The summed E-state index contributed by atoms with van der Waals surface area (Å²) in [5.41, 5.74) is -1.68. The largest absolute Gasteiger partial charge is 0.285 e. The first-order valence-corrected chi connectivity index (χ1v) is 8.05. The molecule has 2 aromatic rings. The topological polar surface area (TPSA) is 68.3 Å². The van der Waals surface area contributed by atoms with E-state index in [1.54, 1.807) is 0 Å². The third-order valence-electron chi connectivity index (χ3n) is 3.77. The third-order valence-corrected chi connectivity index (χ3v) is 3.77. The molecule has 4 rings (SSSR count). The summed E-state index contributed by atoms with van der Waals surface area (Å²) in [6.07, 6.45) is 0. The van der Waals surface area contributed by atoms with E-state index in [1.807, 2.05) is 27.7 Å². The van der Waals surface area contributed by atoms with E-state index >= 15 is 0 Å². The highest BCUT2D eigenvalue weighted by molar-refractivity contribution is 6.11. The molecule has 0 saturated carbocycles. The lowest BCUT2D eigenvalue weighted by Gasteiger charge is -2.13. The van der Waals surface area contributed by atoms with Crippen LogP contribution in [0.5, 0.6) is 0 Å². The van der Waals surface area contributed by atoms with Gasteiger partial charge in [0.2, 0.25) is 21.7 Å². The van der Waals surface area contributed by atoms with Crippen LogP contribution < -0.4 is 21.7 Å². The third kappa shape index (κ3) is 2.22. The molecule has 2 aliphatic carbocycles. The van der Waals surface area contributed by atoms with Gasteiger partial charge in [0, 0.05) is 32.7 Å². The fraction of sp³-hybridized carbons (Fsp3) is 0.200. The van der Waals surface area contributed by atoms with Crippen LogP contribution >= 0.6 is 0 Å². The Labute approximate surface area is 138 Å². The molecule has 0 aromatic heterocycles. The normalized spacial score (nSPS) is 10.3. The number of hydrogen-bond acceptors (Lipinski definition) is 4. The highest BCUT2D eigenvalue weighted by atomic mass is 16.2. The van der Waals surface area contributed by atoms with Gasteiger partial charge in [0.15, 0.2) is 0 Å². The smallest absolute Gasteiger partial charge is 0.234 e. The summed E-state index contributed by atoms with van der Waals surface area (Å²) in [5, 5.41) is 0.809. The van der Waals surface area contributed by atoms with Crippen LogP contribution in [0.15, 0.2) is 55.6 Å². The van der Waals surface area contributed by atoms with E-state index in [4.69, 9.17) is 0 Å². The molecule has 0 atom stereocenters. The van der Waals surface area contributed by atoms with Crippen LogP contribution in [0, 0.1) is 0 Å². The maximum Gasteiger partial charge on any atom is 0.234 e. The molecule has 0 saturated heterocycles. The van der Waals surface area contributed by atoms with Crippen molar-refractivity contribution in [3.63, 3.8) is 0 Å². The van der Waals surface area contributed by atoms with E-state index in [9.17, 15) is 19.2 Å². The molecule has 4 heteroatoms. The molecule has 0 amide bonds. The zero-order chi connectivity index (χ0) is 18.0. The van der Waals surface area contributed by atoms with Gasteiger partial charge in [0.25, 0.3) is 0 Å². The molecule has 122 valence electrons. The van der Waals surface area contributed by atoms with Crippen molar-refractivity contribution in [2.45, 2.75) is 27.7 Å². The Hall–Kier alpha value is -2.88. The highest BCUT2D eigenvalue weighted by Gasteiger charge is 2.23. The Balaban J connectivity index is 0.000000487. The second-order valence-corrected chi connectivity index (χ2v) is 4.77. The van der Waals surface area contributed by atoms with E-state index in [-0.39, 0.29) is 21.5 Å². The van der Waals surface area contributed by atoms with Crippen molar-refractivity contribution in [3.8, 4) is 11.1 Å². The highest BCUT2D eigenvalue weighted by Crippen LogP contribution is 2.33. The van der Waals surface area contributed by atoms with Crippen LogP contribution in [0.1, 0.15) is 27.7 Å². The first-order valence-electron chi connectivity index (χ1n) is 8.05. The van der Waals surface area contributed by atoms with Crippen molar-refractivity contribution in [3.05, 3.63) is 77.3 Å². The fourth-order valence-electron chi connectivity index (χ4n) is 2.89. The van der Waals surface area contributed by atoms with Gasteiger partial charge in [-0.2, -0.15) is 0 Å². The summed E-state index contributed by atoms with van der Waals surface area (Å²) in [6, 6.07) is 9.10. The average Bonchev–Trinajstić information content (AvgIpc) is 2.66. The maximum atomic E-state index is 12.1. The van der Waals surface area contributed by atoms with Crippen LogP contribution in [0.4, 0.5) is 0 Å². The van der Waals surface area contributed by atoms with Crippen LogP contribution in [-0.2, 0) is 0 Å². The molecule has 0 aliphatic heterocycles. The summed E-state index contributed by atoms with van der Waals surface area (Å²) in [6.45, 7) is 8.00. The van der Waals surface area contributed by atoms with E-state index in [1.165, 1.54) is 36.4 Å². The molecule has 2 aliphatic rings. The maximum absolute atomic E-state index is 12.1. The van der Waals surface area contributed by atoms with Gasteiger partial charge in [-0.15, -0.1) is 0 Å². The standard InChI is InChI=1S/C16H6O4.2C2H6/c17-13-7-3-1-4-8-11(7)12-9(15(13)19)5-2-6-10(12)16(20)14(8)18;2*1-2/h1-6H;2*1-2H3. The number of benzene rings is 4. The summed E-state index contributed by atoms with van der Waals surface area (Å²) < 4.78 is 0. The minimum Gasteiger partial charge on any atom is -0.285 e. The van der Waals surface area contributed by atoms with Crippen LogP contribution in [-0.4, -0.2) is 0 Å². The SMILES string of the molecule is CC.CC.O=c1c(=O)c2cccc3c2-c2c1cccc2c(=O)c3=O. The zero-order valence-electron chi connectivity index (χ0n) is 14.1. The van der Waals surface area contributed by atoms with Gasteiger partial charge in [-0.25, -0.2) is 0 Å². The molecule has 0 heterocycles. The second-order valence-electron chi connectivity index (χ2n) is 4.77. The van der Waals surface area contributed by atoms with Crippen LogP contribution in [0.25, 0.3) is 32.7 Å².